The van der Waals surface area contributed by atoms with Gasteiger partial charge >= 0.3 is 5.97 Å². The van der Waals surface area contributed by atoms with Crippen molar-refractivity contribution < 1.29 is 19.2 Å². The summed E-state index contributed by atoms with van der Waals surface area (Å²) >= 11 is 0. The van der Waals surface area contributed by atoms with E-state index in [2.05, 4.69) is 17.0 Å². The summed E-state index contributed by atoms with van der Waals surface area (Å²) in [5.74, 6) is -0.724. The van der Waals surface area contributed by atoms with E-state index in [-0.39, 0.29) is 16.7 Å². The molecule has 0 aromatic heterocycles. The molecule has 0 saturated carbocycles. The largest absolute Gasteiger partial charge is 0.465 e. The summed E-state index contributed by atoms with van der Waals surface area (Å²) < 4.78 is 9.72. The monoisotopic (exact) mass is 280 g/mol. The van der Waals surface area contributed by atoms with Crippen molar-refractivity contribution in [3.63, 3.8) is 0 Å². The molecule has 0 aliphatic carbocycles. The van der Waals surface area contributed by atoms with E-state index < -0.39 is 10.9 Å². The number of ether oxygens (including phenoxy) is 2. The maximum absolute atomic E-state index is 11.6. The third-order valence-electron chi connectivity index (χ3n) is 3.22. The molecule has 7 nitrogen and oxygen atoms in total. The molecule has 1 N–H and O–H groups in total. The molecule has 1 aliphatic heterocycles. The van der Waals surface area contributed by atoms with Gasteiger partial charge in [0.15, 0.2) is 0 Å². The van der Waals surface area contributed by atoms with Crippen LogP contribution in [0.1, 0.15) is 17.3 Å². The van der Waals surface area contributed by atoms with Crippen LogP contribution in [0.3, 0.4) is 0 Å². The minimum absolute atomic E-state index is 0.0579. The highest BCUT2D eigenvalue weighted by Crippen LogP contribution is 2.28. The van der Waals surface area contributed by atoms with Crippen molar-refractivity contribution in [3.8, 4) is 0 Å². The molecule has 1 aromatic rings. The molecule has 1 saturated heterocycles. The number of nitro benzene ring substituents is 1. The van der Waals surface area contributed by atoms with Crippen LogP contribution < -0.4 is 5.32 Å². The molecule has 0 bridgehead atoms. The topological polar surface area (TPSA) is 90.7 Å². The van der Waals surface area contributed by atoms with E-state index in [1.54, 1.807) is 6.07 Å². The minimum atomic E-state index is -0.724. The van der Waals surface area contributed by atoms with Gasteiger partial charge in [-0.05, 0) is 12.1 Å². The maximum atomic E-state index is 11.6. The van der Waals surface area contributed by atoms with Crippen molar-refractivity contribution in [2.75, 3.05) is 32.2 Å². The molecule has 108 valence electrons. The lowest BCUT2D eigenvalue weighted by molar-refractivity contribution is -0.385. The Kier molecular flexibility index (Phi) is 3.89. The first-order valence-corrected chi connectivity index (χ1v) is 6.13. The van der Waals surface area contributed by atoms with Gasteiger partial charge in [-0.15, -0.1) is 0 Å². The van der Waals surface area contributed by atoms with Crippen molar-refractivity contribution >= 4 is 17.3 Å². The Labute approximate surface area is 116 Å². The molecule has 2 rings (SSSR count). The van der Waals surface area contributed by atoms with Crippen molar-refractivity contribution in [2.45, 2.75) is 6.92 Å². The Hall–Kier alpha value is -2.15. The van der Waals surface area contributed by atoms with E-state index in [0.29, 0.717) is 25.4 Å². The van der Waals surface area contributed by atoms with Crippen LogP contribution in [-0.4, -0.2) is 37.8 Å². The zero-order chi connectivity index (χ0) is 14.8. The van der Waals surface area contributed by atoms with Gasteiger partial charge in [-0.25, -0.2) is 4.79 Å². The molecule has 1 heterocycles. The second kappa shape index (κ2) is 5.46. The van der Waals surface area contributed by atoms with Crippen molar-refractivity contribution in [3.05, 3.63) is 33.9 Å². The Bertz CT molecular complexity index is 540. The number of anilines is 1. The number of nitro groups is 1. The van der Waals surface area contributed by atoms with Gasteiger partial charge in [0, 0.05) is 23.7 Å². The van der Waals surface area contributed by atoms with Gasteiger partial charge in [0.05, 0.1) is 25.2 Å². The smallest absolute Gasteiger partial charge is 0.344 e. The molecule has 0 amide bonds. The number of benzene rings is 1. The molecule has 1 aromatic carbocycles. The quantitative estimate of drug-likeness (QED) is 0.502. The third-order valence-corrected chi connectivity index (χ3v) is 3.22. The normalized spacial score (nSPS) is 16.1. The van der Waals surface area contributed by atoms with E-state index in [9.17, 15) is 14.9 Å². The first kappa shape index (κ1) is 14.3. The maximum Gasteiger partial charge on any atom is 0.344 e. The van der Waals surface area contributed by atoms with Crippen LogP contribution in [0.15, 0.2) is 18.2 Å². The van der Waals surface area contributed by atoms with Gasteiger partial charge in [-0.2, -0.15) is 0 Å². The number of carbonyl (C=O) groups excluding carboxylic acids is 1. The lowest BCUT2D eigenvalue weighted by Crippen LogP contribution is -2.45. The Balaban J connectivity index is 2.18. The van der Waals surface area contributed by atoms with E-state index in [1.807, 2.05) is 0 Å². The second-order valence-electron chi connectivity index (χ2n) is 5.14. The van der Waals surface area contributed by atoms with E-state index >= 15 is 0 Å². The highest BCUT2D eigenvalue weighted by molar-refractivity contribution is 5.95. The summed E-state index contributed by atoms with van der Waals surface area (Å²) in [5, 5.41) is 14.0. The van der Waals surface area contributed by atoms with Crippen LogP contribution in [0.4, 0.5) is 11.4 Å². The molecule has 7 heteroatoms. The lowest BCUT2D eigenvalue weighted by Gasteiger charge is -2.38. The molecule has 0 unspecified atom stereocenters. The number of carbonyl (C=O) groups is 1. The average molecular weight is 280 g/mol. The molecule has 1 fully saturated rings. The Morgan fingerprint density at radius 2 is 2.25 bits per heavy atom. The zero-order valence-electron chi connectivity index (χ0n) is 11.3. The first-order valence-electron chi connectivity index (χ1n) is 6.13. The SMILES string of the molecule is COC(=O)c1cc(NCC2(C)COC2)ccc1[N+](=O)[O-]. The minimum Gasteiger partial charge on any atom is -0.465 e. The highest BCUT2D eigenvalue weighted by Gasteiger charge is 2.33. The highest BCUT2D eigenvalue weighted by atomic mass is 16.6. The number of rotatable bonds is 5. The number of methoxy groups -OCH3 is 1. The number of nitrogens with one attached hydrogen (secondary N) is 1. The van der Waals surface area contributed by atoms with Gasteiger partial charge in [-0.1, -0.05) is 6.92 Å². The van der Waals surface area contributed by atoms with E-state index in [0.717, 1.165) is 0 Å². The van der Waals surface area contributed by atoms with Gasteiger partial charge in [0.25, 0.3) is 5.69 Å². The van der Waals surface area contributed by atoms with E-state index in [1.165, 1.54) is 19.2 Å². The van der Waals surface area contributed by atoms with Crippen molar-refractivity contribution in [1.82, 2.24) is 0 Å². The summed E-state index contributed by atoms with van der Waals surface area (Å²) in [4.78, 5) is 21.9. The Morgan fingerprint density at radius 1 is 1.55 bits per heavy atom. The molecule has 0 spiro atoms. The summed E-state index contributed by atoms with van der Waals surface area (Å²) in [5.41, 5.74) is 0.384. The molecular formula is C13H16N2O5. The van der Waals surface area contributed by atoms with E-state index in [4.69, 9.17) is 4.74 Å². The van der Waals surface area contributed by atoms with Crippen molar-refractivity contribution in [1.29, 1.82) is 0 Å². The predicted molar refractivity (Wildman–Crippen MR) is 71.9 cm³/mol. The molecule has 20 heavy (non-hydrogen) atoms. The van der Waals surface area contributed by atoms with Crippen LogP contribution in [0, 0.1) is 15.5 Å². The molecular weight excluding hydrogens is 264 g/mol. The number of hydrogen-bond donors (Lipinski definition) is 1. The Morgan fingerprint density at radius 3 is 2.75 bits per heavy atom. The van der Waals surface area contributed by atoms with Gasteiger partial charge in [0.1, 0.15) is 5.56 Å². The summed E-state index contributed by atoms with van der Waals surface area (Å²) in [6.45, 7) is 4.11. The summed E-state index contributed by atoms with van der Waals surface area (Å²) in [7, 11) is 1.19. The van der Waals surface area contributed by atoms with Gasteiger partial charge < -0.3 is 14.8 Å². The number of hydrogen-bond acceptors (Lipinski definition) is 6. The first-order chi connectivity index (χ1) is 9.45. The molecule has 1 aliphatic rings. The predicted octanol–water partition coefficient (Wildman–Crippen LogP) is 1.83. The lowest BCUT2D eigenvalue weighted by atomic mass is 9.88. The fourth-order valence-electron chi connectivity index (χ4n) is 1.95. The van der Waals surface area contributed by atoms with Gasteiger partial charge in [0.2, 0.25) is 0 Å². The standard InChI is InChI=1S/C13H16N2O5/c1-13(7-20-8-13)6-14-9-3-4-11(15(17)18)10(5-9)12(16)19-2/h3-5,14H,6-8H2,1-2H3. The number of esters is 1. The van der Waals surface area contributed by atoms with Gasteiger partial charge in [-0.3, -0.25) is 10.1 Å². The molecule has 0 atom stereocenters. The fraction of sp³-hybridized carbons (Fsp3) is 0.462. The zero-order valence-corrected chi connectivity index (χ0v) is 11.3. The summed E-state index contributed by atoms with van der Waals surface area (Å²) in [6.07, 6.45) is 0. The van der Waals surface area contributed by atoms with Crippen LogP contribution in [-0.2, 0) is 9.47 Å². The van der Waals surface area contributed by atoms with Crippen molar-refractivity contribution in [2.24, 2.45) is 5.41 Å². The average Bonchev–Trinajstić information content (AvgIpc) is 2.41. The van der Waals surface area contributed by atoms with Crippen LogP contribution in [0.25, 0.3) is 0 Å². The third kappa shape index (κ3) is 2.88. The summed E-state index contributed by atoms with van der Waals surface area (Å²) in [6, 6.07) is 4.31. The van der Waals surface area contributed by atoms with Crippen LogP contribution in [0.5, 0.6) is 0 Å². The van der Waals surface area contributed by atoms with Crippen LogP contribution in [0.2, 0.25) is 0 Å². The number of nitrogens with zero attached hydrogens (tertiary/aromatic N) is 1. The van der Waals surface area contributed by atoms with Crippen LogP contribution >= 0.6 is 0 Å². The second-order valence-corrected chi connectivity index (χ2v) is 5.14. The molecule has 0 radical (unpaired) electrons. The fourth-order valence-corrected chi connectivity index (χ4v) is 1.95.